The molecule has 3 aliphatic heterocycles. The van der Waals surface area contributed by atoms with Crippen LogP contribution < -0.4 is 90.2 Å². The Morgan fingerprint density at radius 3 is 1.19 bits per heavy atom. The summed E-state index contributed by atoms with van der Waals surface area (Å²) in [6, 6.07) is 20.4. The fourth-order valence-electron chi connectivity index (χ4n) is 8.17. The van der Waals surface area contributed by atoms with E-state index < -0.39 is 159 Å². The van der Waals surface area contributed by atoms with E-state index in [0.29, 0.717) is 16.7 Å². The van der Waals surface area contributed by atoms with Gasteiger partial charge in [-0.3, -0.25) is 46.1 Å². The number of phosphoric ester groups is 3. The largest absolute Gasteiger partial charge is 1.00 e. The molecule has 6 rings (SSSR count). The van der Waals surface area contributed by atoms with Crippen LogP contribution in [0.3, 0.4) is 0 Å². The first-order chi connectivity index (χ1) is 38.8. The standard InChI is InChI=1S/C48H67N4O27P3.2Na/c1-27(53)50-36-42(59)39(56)33(75-45(36)68-20-19-49-48(62)69-21-30-13-7-4-8-14-30)24-70-80(63,64)78-46-37(51-28(2)54)43(60)40(57)34(76-46)25-71-81(65,66)79-47-38(52-29(3)55)44(61)41(58)35(77-47)26-74-82(67,72-22-31-15-9-5-10-16-31)73-23-32-17-11-6-12-18-32;;/h4-18,33-47,56-61H,19-26H2,1-3H3,(H,49,62)(H,50,53)(H,51,54)(H,52,55)(H,63,64)(H,65,66);;/q;2*+1/p-2/t33-,34-,35-,36+,37+,38+,39-,40-,41-,42-,43-,44-,45+,46-,47-;;/m1../s1. The van der Waals surface area contributed by atoms with E-state index in [0.717, 1.165) is 20.8 Å². The van der Waals surface area contributed by atoms with Crippen molar-refractivity contribution in [2.75, 3.05) is 33.0 Å². The van der Waals surface area contributed by atoms with Gasteiger partial charge in [0.2, 0.25) is 17.7 Å². The van der Waals surface area contributed by atoms with E-state index in [1.165, 1.54) is 0 Å². The van der Waals surface area contributed by atoms with E-state index in [1.807, 2.05) is 0 Å². The van der Waals surface area contributed by atoms with Gasteiger partial charge in [-0.1, -0.05) is 91.0 Å². The van der Waals surface area contributed by atoms with E-state index in [9.17, 15) is 73.3 Å². The number of hydrogen-bond donors (Lipinski definition) is 10. The summed E-state index contributed by atoms with van der Waals surface area (Å²) in [7, 11) is -16.2. The van der Waals surface area contributed by atoms with Crippen molar-refractivity contribution < 1.29 is 188 Å². The van der Waals surface area contributed by atoms with Gasteiger partial charge < -0.3 is 94.4 Å². The van der Waals surface area contributed by atoms with Gasteiger partial charge in [0.1, 0.15) is 79.7 Å². The number of carbonyl (C=O) groups is 4. The Kier molecular flexibility index (Phi) is 30.6. The summed E-state index contributed by atoms with van der Waals surface area (Å²) in [6.45, 7) is -1.55. The van der Waals surface area contributed by atoms with Crippen molar-refractivity contribution in [3.05, 3.63) is 108 Å². The molecule has 3 aromatic rings. The van der Waals surface area contributed by atoms with E-state index in [1.54, 1.807) is 91.0 Å². The number of alkyl carbamates (subject to hydrolysis) is 1. The van der Waals surface area contributed by atoms with Crippen LogP contribution in [0.15, 0.2) is 91.0 Å². The van der Waals surface area contributed by atoms with Gasteiger partial charge in [-0.15, -0.1) is 0 Å². The molecule has 2 unspecified atom stereocenters. The first kappa shape index (κ1) is 73.7. The van der Waals surface area contributed by atoms with Crippen LogP contribution >= 0.6 is 23.5 Å². The summed E-state index contributed by atoms with van der Waals surface area (Å²) < 4.78 is 105. The quantitative estimate of drug-likeness (QED) is 0.0183. The molecule has 36 heteroatoms. The Hall–Kier alpha value is -2.73. The van der Waals surface area contributed by atoms with Gasteiger partial charge in [0, 0.05) is 27.3 Å². The molecule has 3 aliphatic rings. The van der Waals surface area contributed by atoms with Crippen molar-refractivity contribution in [2.45, 2.75) is 133 Å². The predicted molar refractivity (Wildman–Crippen MR) is 271 cm³/mol. The summed E-state index contributed by atoms with van der Waals surface area (Å²) >= 11 is 0. The number of carbonyl (C=O) groups excluding carboxylic acids is 4. The van der Waals surface area contributed by atoms with Gasteiger partial charge in [0.25, 0.3) is 15.6 Å². The maximum atomic E-state index is 14.0. The topological polar surface area (TPSA) is 446 Å². The van der Waals surface area contributed by atoms with Gasteiger partial charge in [-0.05, 0) is 16.7 Å². The molecule has 17 atom stereocenters. The number of aliphatic hydroxyl groups excluding tert-OH is 6. The average Bonchev–Trinajstić information content (AvgIpc) is 3.65. The van der Waals surface area contributed by atoms with Crippen molar-refractivity contribution in [3.63, 3.8) is 0 Å². The first-order valence-corrected chi connectivity index (χ1v) is 29.5. The maximum Gasteiger partial charge on any atom is 1.00 e. The zero-order valence-electron chi connectivity index (χ0n) is 46.1. The molecule has 84 heavy (non-hydrogen) atoms. The minimum Gasteiger partial charge on any atom is -0.756 e. The van der Waals surface area contributed by atoms with E-state index in [-0.39, 0.29) is 92.1 Å². The van der Waals surface area contributed by atoms with Gasteiger partial charge in [0.15, 0.2) is 18.9 Å². The summed E-state index contributed by atoms with van der Waals surface area (Å²) in [5.41, 5.74) is 1.83. The average molecular weight is 1270 g/mol. The Balaban J connectivity index is 0.00000757. The smallest absolute Gasteiger partial charge is 0.756 e. The summed E-state index contributed by atoms with van der Waals surface area (Å²) in [5, 5.41) is 75.4. The molecule has 0 spiro atoms. The van der Waals surface area contributed by atoms with Gasteiger partial charge in [-0.25, -0.2) is 9.36 Å². The SMILES string of the molecule is CC(=O)N[C@@H]1[C@@H](OP(=O)([O-])OC[C@H]2O[C@H](OCCNC(=O)OCc3ccccc3)[C@@H](NC(C)=O)[C@@H](O)[C@@H]2O)O[C@H](COP(=O)([O-])O[C@H]2O[C@H](COP(=O)(OCc3ccccc3)OCc3ccccc3)[C@@H](O)[C@H](O)[C@@H]2NC(C)=O)[C@@H](O)[C@@H]1O.[Na+].[Na+]. The molecule has 0 radical (unpaired) electrons. The second kappa shape index (κ2) is 34.9. The summed E-state index contributed by atoms with van der Waals surface area (Å²) in [5.74, 6) is -2.49. The van der Waals surface area contributed by atoms with Crippen LogP contribution in [-0.4, -0.2) is 179 Å². The molecule has 0 bridgehead atoms. The Labute approximate surface area is 526 Å². The first-order valence-electron chi connectivity index (χ1n) is 25.1. The molecule has 3 heterocycles. The van der Waals surface area contributed by atoms with Crippen LogP contribution in [0.25, 0.3) is 0 Å². The molecule has 10 N–H and O–H groups in total. The molecule has 4 amide bonds. The van der Waals surface area contributed by atoms with Crippen molar-refractivity contribution in [3.8, 4) is 0 Å². The molecule has 0 saturated carbocycles. The number of phosphoric acid groups is 3. The number of amides is 4. The predicted octanol–water partition coefficient (Wildman–Crippen LogP) is -7.65. The minimum atomic E-state index is -5.85. The van der Waals surface area contributed by atoms with Crippen LogP contribution in [0.2, 0.25) is 0 Å². The normalized spacial score (nSPS) is 29.2. The third-order valence-electron chi connectivity index (χ3n) is 12.2. The second-order valence-electron chi connectivity index (χ2n) is 18.6. The molecule has 456 valence electrons. The van der Waals surface area contributed by atoms with E-state index in [4.69, 9.17) is 55.4 Å². The van der Waals surface area contributed by atoms with Crippen LogP contribution in [0.1, 0.15) is 37.5 Å². The van der Waals surface area contributed by atoms with E-state index in [2.05, 4.69) is 21.3 Å². The molecule has 3 saturated heterocycles. The molecular weight excluding hydrogens is 1200 g/mol. The van der Waals surface area contributed by atoms with Crippen LogP contribution in [0.5, 0.6) is 0 Å². The fraction of sp³-hybridized carbons (Fsp3) is 0.542. The van der Waals surface area contributed by atoms with Crippen LogP contribution in [-0.2, 0) is 103 Å². The van der Waals surface area contributed by atoms with Crippen molar-refractivity contribution in [2.24, 2.45) is 0 Å². The zero-order chi connectivity index (χ0) is 59.8. The number of nitrogens with one attached hydrogen (secondary N) is 4. The summed E-state index contributed by atoms with van der Waals surface area (Å²) in [6.07, 6.45) is -25.0. The monoisotopic (exact) mass is 1270 g/mol. The van der Waals surface area contributed by atoms with Gasteiger partial charge in [-0.2, -0.15) is 0 Å². The second-order valence-corrected chi connectivity index (χ2v) is 23.0. The summed E-state index contributed by atoms with van der Waals surface area (Å²) in [4.78, 5) is 75.6. The molecule has 3 aromatic carbocycles. The maximum absolute atomic E-state index is 14.0. The third kappa shape index (κ3) is 23.0. The van der Waals surface area contributed by atoms with Crippen LogP contribution in [0, 0.1) is 0 Å². The molecular formula is C48H65N4Na2O27P3. The van der Waals surface area contributed by atoms with Crippen LogP contribution in [0.4, 0.5) is 4.79 Å². The van der Waals surface area contributed by atoms with Crippen molar-refractivity contribution in [1.82, 2.24) is 21.3 Å². The van der Waals surface area contributed by atoms with Gasteiger partial charge >= 0.3 is 73.0 Å². The molecule has 0 aliphatic carbocycles. The number of ether oxygens (including phenoxy) is 5. The molecule has 3 fully saturated rings. The number of aliphatic hydroxyl groups is 6. The Morgan fingerprint density at radius 2 is 0.821 bits per heavy atom. The number of benzene rings is 3. The zero-order valence-corrected chi connectivity index (χ0v) is 52.8. The fourth-order valence-corrected chi connectivity index (χ4v) is 11.0. The number of rotatable bonds is 28. The van der Waals surface area contributed by atoms with Gasteiger partial charge in [0.05, 0.1) is 39.6 Å². The Bertz CT molecular complexity index is 2640. The molecule has 31 nitrogen and oxygen atoms in total. The Morgan fingerprint density at radius 1 is 0.488 bits per heavy atom. The van der Waals surface area contributed by atoms with E-state index >= 15 is 0 Å². The van der Waals surface area contributed by atoms with Crippen molar-refractivity contribution >= 4 is 47.3 Å². The minimum absolute atomic E-state index is 0. The number of hydrogen-bond acceptors (Lipinski definition) is 27. The third-order valence-corrected chi connectivity index (χ3v) is 15.4. The van der Waals surface area contributed by atoms with Crippen molar-refractivity contribution in [1.29, 1.82) is 0 Å². The molecule has 0 aromatic heterocycles.